The van der Waals surface area contributed by atoms with Crippen molar-refractivity contribution in [2.24, 2.45) is 17.4 Å². The van der Waals surface area contributed by atoms with Crippen LogP contribution in [0.2, 0.25) is 0 Å². The second-order valence-electron chi connectivity index (χ2n) is 3.29. The number of primary amides is 2. The summed E-state index contributed by atoms with van der Waals surface area (Å²) < 4.78 is 0. The van der Waals surface area contributed by atoms with Crippen LogP contribution in [0.4, 0.5) is 0 Å². The van der Waals surface area contributed by atoms with Crippen LogP contribution in [-0.2, 0) is 14.4 Å². The molecule has 0 aliphatic carbocycles. The molecule has 0 rings (SSSR count). The molecular formula is C8H15N3O3. The van der Waals surface area contributed by atoms with Crippen LogP contribution in [-0.4, -0.2) is 23.8 Å². The summed E-state index contributed by atoms with van der Waals surface area (Å²) in [6.45, 7) is 3.33. The molecule has 3 amide bonds. The van der Waals surface area contributed by atoms with Gasteiger partial charge in [0.25, 0.3) is 0 Å². The van der Waals surface area contributed by atoms with E-state index >= 15 is 0 Å². The smallest absolute Gasteiger partial charge is 0.240 e. The zero-order chi connectivity index (χ0) is 11.3. The quantitative estimate of drug-likeness (QED) is 0.502. The molecule has 0 saturated heterocycles. The van der Waals surface area contributed by atoms with Gasteiger partial charge in [-0.1, -0.05) is 13.8 Å². The van der Waals surface area contributed by atoms with Crippen LogP contribution in [0.25, 0.3) is 0 Å². The molecular weight excluding hydrogens is 186 g/mol. The van der Waals surface area contributed by atoms with Crippen molar-refractivity contribution in [2.45, 2.75) is 26.3 Å². The summed E-state index contributed by atoms with van der Waals surface area (Å²) in [4.78, 5) is 32.5. The van der Waals surface area contributed by atoms with Crippen molar-refractivity contribution in [3.8, 4) is 0 Å². The highest BCUT2D eigenvalue weighted by Crippen LogP contribution is 1.96. The van der Waals surface area contributed by atoms with E-state index in [1.54, 1.807) is 13.8 Å². The fourth-order valence-electron chi connectivity index (χ4n) is 0.762. The third kappa shape index (κ3) is 4.44. The van der Waals surface area contributed by atoms with Crippen LogP contribution < -0.4 is 16.8 Å². The Kier molecular flexibility index (Phi) is 4.62. The molecule has 0 fully saturated rings. The number of rotatable bonds is 5. The lowest BCUT2D eigenvalue weighted by Crippen LogP contribution is -2.47. The first-order valence-electron chi connectivity index (χ1n) is 4.22. The van der Waals surface area contributed by atoms with E-state index in [0.717, 1.165) is 0 Å². The van der Waals surface area contributed by atoms with Crippen LogP contribution in [0.3, 0.4) is 0 Å². The number of carbonyl (C=O) groups is 3. The molecule has 1 unspecified atom stereocenters. The highest BCUT2D eigenvalue weighted by molar-refractivity contribution is 5.91. The molecule has 0 radical (unpaired) electrons. The average Bonchev–Trinajstić information content (AvgIpc) is 2.01. The molecule has 0 heterocycles. The van der Waals surface area contributed by atoms with Gasteiger partial charge in [-0.25, -0.2) is 0 Å². The molecule has 0 aromatic heterocycles. The zero-order valence-electron chi connectivity index (χ0n) is 8.24. The Labute approximate surface area is 82.0 Å². The van der Waals surface area contributed by atoms with Gasteiger partial charge in [0.1, 0.15) is 6.04 Å². The molecule has 0 aliphatic rings. The Bertz CT molecular complexity index is 250. The lowest BCUT2D eigenvalue weighted by molar-refractivity contribution is -0.130. The summed E-state index contributed by atoms with van der Waals surface area (Å²) in [5.74, 6) is -2.06. The Morgan fingerprint density at radius 2 is 1.71 bits per heavy atom. The van der Waals surface area contributed by atoms with Crippen LogP contribution in [0, 0.1) is 5.92 Å². The number of hydrogen-bond donors (Lipinski definition) is 3. The first-order chi connectivity index (χ1) is 6.34. The van der Waals surface area contributed by atoms with E-state index in [4.69, 9.17) is 11.5 Å². The van der Waals surface area contributed by atoms with Crippen molar-refractivity contribution in [1.29, 1.82) is 0 Å². The van der Waals surface area contributed by atoms with E-state index < -0.39 is 17.9 Å². The van der Waals surface area contributed by atoms with E-state index in [1.807, 2.05) is 0 Å². The van der Waals surface area contributed by atoms with Crippen molar-refractivity contribution in [2.75, 3.05) is 0 Å². The Morgan fingerprint density at radius 3 is 2.00 bits per heavy atom. The molecule has 14 heavy (non-hydrogen) atoms. The number of hydrogen-bond acceptors (Lipinski definition) is 3. The van der Waals surface area contributed by atoms with Gasteiger partial charge in [0.05, 0.1) is 6.42 Å². The van der Waals surface area contributed by atoms with Crippen molar-refractivity contribution >= 4 is 17.7 Å². The molecule has 0 aromatic carbocycles. The van der Waals surface area contributed by atoms with Crippen LogP contribution in [0.1, 0.15) is 20.3 Å². The van der Waals surface area contributed by atoms with Crippen molar-refractivity contribution < 1.29 is 14.4 Å². The molecule has 0 spiro atoms. The van der Waals surface area contributed by atoms with Crippen LogP contribution >= 0.6 is 0 Å². The molecule has 0 saturated carbocycles. The van der Waals surface area contributed by atoms with E-state index in [0.29, 0.717) is 0 Å². The number of amides is 3. The maximum Gasteiger partial charge on any atom is 0.240 e. The SMILES string of the molecule is CC(C)C(=O)NC(CC(N)=O)C(N)=O. The first kappa shape index (κ1) is 12.4. The summed E-state index contributed by atoms with van der Waals surface area (Å²) >= 11 is 0. The lowest BCUT2D eigenvalue weighted by atomic mass is 10.1. The van der Waals surface area contributed by atoms with E-state index in [9.17, 15) is 14.4 Å². The third-order valence-electron chi connectivity index (χ3n) is 1.59. The molecule has 6 heteroatoms. The Morgan fingerprint density at radius 1 is 1.21 bits per heavy atom. The molecule has 0 aromatic rings. The number of carbonyl (C=O) groups excluding carboxylic acids is 3. The predicted molar refractivity (Wildman–Crippen MR) is 49.8 cm³/mol. The van der Waals surface area contributed by atoms with Gasteiger partial charge in [0, 0.05) is 5.92 Å². The fraction of sp³-hybridized carbons (Fsp3) is 0.625. The molecule has 5 N–H and O–H groups in total. The van der Waals surface area contributed by atoms with E-state index in [1.165, 1.54) is 0 Å². The van der Waals surface area contributed by atoms with Gasteiger partial charge in [0.2, 0.25) is 17.7 Å². The average molecular weight is 201 g/mol. The summed E-state index contributed by atoms with van der Waals surface area (Å²) in [6, 6.07) is -1.01. The normalized spacial score (nSPS) is 12.2. The van der Waals surface area contributed by atoms with E-state index in [2.05, 4.69) is 5.32 Å². The van der Waals surface area contributed by atoms with Crippen molar-refractivity contribution in [3.63, 3.8) is 0 Å². The second kappa shape index (κ2) is 5.21. The second-order valence-corrected chi connectivity index (χ2v) is 3.29. The number of nitrogens with two attached hydrogens (primary N) is 2. The molecule has 0 aliphatic heterocycles. The van der Waals surface area contributed by atoms with Crippen molar-refractivity contribution in [1.82, 2.24) is 5.32 Å². The lowest BCUT2D eigenvalue weighted by Gasteiger charge is -2.15. The van der Waals surface area contributed by atoms with Crippen molar-refractivity contribution in [3.05, 3.63) is 0 Å². The standard InChI is InChI=1S/C8H15N3O3/c1-4(2)8(14)11-5(7(10)13)3-6(9)12/h4-5H,3H2,1-2H3,(H2,9,12)(H2,10,13)(H,11,14). The zero-order valence-corrected chi connectivity index (χ0v) is 8.24. The van der Waals surface area contributed by atoms with Gasteiger partial charge in [-0.05, 0) is 0 Å². The van der Waals surface area contributed by atoms with Gasteiger partial charge in [-0.15, -0.1) is 0 Å². The van der Waals surface area contributed by atoms with Gasteiger partial charge in [0.15, 0.2) is 0 Å². The summed E-state index contributed by atoms with van der Waals surface area (Å²) in [5, 5.41) is 2.33. The monoisotopic (exact) mass is 201 g/mol. The molecule has 1 atom stereocenters. The number of nitrogens with one attached hydrogen (secondary N) is 1. The Hall–Kier alpha value is -1.59. The van der Waals surface area contributed by atoms with E-state index in [-0.39, 0.29) is 18.2 Å². The van der Waals surface area contributed by atoms with Gasteiger partial charge in [-0.2, -0.15) is 0 Å². The first-order valence-corrected chi connectivity index (χ1v) is 4.22. The predicted octanol–water partition coefficient (Wildman–Crippen LogP) is -1.51. The summed E-state index contributed by atoms with van der Waals surface area (Å²) in [5.41, 5.74) is 9.86. The minimum atomic E-state index is -1.01. The Balaban J connectivity index is 4.31. The molecule has 0 bridgehead atoms. The van der Waals surface area contributed by atoms with Crippen LogP contribution in [0.15, 0.2) is 0 Å². The summed E-state index contributed by atoms with van der Waals surface area (Å²) in [6.07, 6.45) is -0.270. The highest BCUT2D eigenvalue weighted by atomic mass is 16.2. The van der Waals surface area contributed by atoms with Gasteiger partial charge < -0.3 is 16.8 Å². The maximum absolute atomic E-state index is 11.2. The third-order valence-corrected chi connectivity index (χ3v) is 1.59. The maximum atomic E-state index is 11.2. The van der Waals surface area contributed by atoms with Gasteiger partial charge >= 0.3 is 0 Å². The topological polar surface area (TPSA) is 115 Å². The minimum Gasteiger partial charge on any atom is -0.370 e. The largest absolute Gasteiger partial charge is 0.370 e. The van der Waals surface area contributed by atoms with Crippen LogP contribution in [0.5, 0.6) is 0 Å². The summed E-state index contributed by atoms with van der Waals surface area (Å²) in [7, 11) is 0. The minimum absolute atomic E-state index is 0.270. The molecule has 80 valence electrons. The fourth-order valence-corrected chi connectivity index (χ4v) is 0.762. The molecule has 6 nitrogen and oxygen atoms in total. The highest BCUT2D eigenvalue weighted by Gasteiger charge is 2.21. The van der Waals surface area contributed by atoms with Gasteiger partial charge in [-0.3, -0.25) is 14.4 Å².